The molecule has 2 aromatic heterocycles. The van der Waals surface area contributed by atoms with E-state index < -0.39 is 0 Å². The van der Waals surface area contributed by atoms with E-state index in [1.54, 1.807) is 12.3 Å². The van der Waals surface area contributed by atoms with Gasteiger partial charge in [-0.1, -0.05) is 0 Å². The van der Waals surface area contributed by atoms with Crippen LogP contribution < -0.4 is 0 Å². The summed E-state index contributed by atoms with van der Waals surface area (Å²) in [5.74, 6) is -0.316. The summed E-state index contributed by atoms with van der Waals surface area (Å²) < 4.78 is 6.51. The van der Waals surface area contributed by atoms with Crippen molar-refractivity contribution in [1.29, 1.82) is 0 Å². The molecule has 2 heterocycles. The van der Waals surface area contributed by atoms with Gasteiger partial charge in [0.15, 0.2) is 0 Å². The summed E-state index contributed by atoms with van der Waals surface area (Å²) in [5.41, 5.74) is 0.818. The van der Waals surface area contributed by atoms with Gasteiger partial charge in [-0.2, -0.15) is 0 Å². The van der Waals surface area contributed by atoms with Gasteiger partial charge >= 0.3 is 5.97 Å². The number of methoxy groups -OCH3 is 1. The Balaban J connectivity index is 2.56. The molecular formula is C9H6BrNO2S. The first-order valence-corrected chi connectivity index (χ1v) is 5.45. The van der Waals surface area contributed by atoms with Crippen LogP contribution in [0.3, 0.4) is 0 Å². The molecule has 0 amide bonds. The summed E-state index contributed by atoms with van der Waals surface area (Å²) in [6.45, 7) is 0. The highest BCUT2D eigenvalue weighted by molar-refractivity contribution is 9.10. The highest BCUT2D eigenvalue weighted by Gasteiger charge is 2.10. The predicted octanol–water partition coefficient (Wildman–Crippen LogP) is 2.85. The molecule has 5 heteroatoms. The molecule has 0 saturated carbocycles. The van der Waals surface area contributed by atoms with Crippen LogP contribution in [0.1, 0.15) is 9.67 Å². The second-order valence-corrected chi connectivity index (χ2v) is 4.64. The molecular weight excluding hydrogens is 266 g/mol. The maximum atomic E-state index is 11.2. The van der Waals surface area contributed by atoms with Gasteiger partial charge in [0.2, 0.25) is 0 Å². The molecule has 0 fully saturated rings. The van der Waals surface area contributed by atoms with Crippen molar-refractivity contribution in [3.63, 3.8) is 0 Å². The number of nitrogens with zero attached hydrogens (tertiary/aromatic N) is 1. The Kier molecular flexibility index (Phi) is 2.52. The standard InChI is InChI=1S/C9H6BrNO2S/c1-13-9(12)8-3-6-7(14-8)2-5(10)4-11-6/h2-4H,1H3. The lowest BCUT2D eigenvalue weighted by Gasteiger charge is -1.90. The summed E-state index contributed by atoms with van der Waals surface area (Å²) in [6, 6.07) is 3.66. The molecule has 2 rings (SSSR count). The van der Waals surface area contributed by atoms with E-state index in [2.05, 4.69) is 25.7 Å². The fourth-order valence-electron chi connectivity index (χ4n) is 1.09. The molecule has 14 heavy (non-hydrogen) atoms. The average Bonchev–Trinajstić information content (AvgIpc) is 2.59. The van der Waals surface area contributed by atoms with E-state index in [-0.39, 0.29) is 5.97 Å². The molecule has 72 valence electrons. The number of rotatable bonds is 1. The lowest BCUT2D eigenvalue weighted by atomic mass is 10.4. The molecule has 0 aromatic carbocycles. The van der Waals surface area contributed by atoms with E-state index in [0.29, 0.717) is 4.88 Å². The number of esters is 1. The maximum Gasteiger partial charge on any atom is 0.348 e. The second kappa shape index (κ2) is 3.67. The van der Waals surface area contributed by atoms with Gasteiger partial charge in [-0.05, 0) is 28.1 Å². The summed E-state index contributed by atoms with van der Waals surface area (Å²) in [6.07, 6.45) is 1.70. The Morgan fingerprint density at radius 1 is 1.57 bits per heavy atom. The molecule has 0 bridgehead atoms. The summed E-state index contributed by atoms with van der Waals surface area (Å²) >= 11 is 4.70. The summed E-state index contributed by atoms with van der Waals surface area (Å²) in [5, 5.41) is 0. The van der Waals surface area contributed by atoms with Crippen LogP contribution >= 0.6 is 27.3 Å². The van der Waals surface area contributed by atoms with Crippen LogP contribution in [0.25, 0.3) is 10.2 Å². The van der Waals surface area contributed by atoms with Crippen molar-refractivity contribution in [2.75, 3.05) is 7.11 Å². The van der Waals surface area contributed by atoms with Gasteiger partial charge in [-0.15, -0.1) is 11.3 Å². The summed E-state index contributed by atoms with van der Waals surface area (Å²) in [7, 11) is 1.37. The number of carbonyl (C=O) groups is 1. The fourth-order valence-corrected chi connectivity index (χ4v) is 2.55. The van der Waals surface area contributed by atoms with Crippen LogP contribution in [0.15, 0.2) is 22.8 Å². The minimum Gasteiger partial charge on any atom is -0.465 e. The Hall–Kier alpha value is -0.940. The number of hydrogen-bond acceptors (Lipinski definition) is 4. The smallest absolute Gasteiger partial charge is 0.348 e. The first-order valence-electron chi connectivity index (χ1n) is 3.84. The zero-order chi connectivity index (χ0) is 10.1. The number of halogens is 1. The number of pyridine rings is 1. The number of ether oxygens (including phenoxy) is 1. The van der Waals surface area contributed by atoms with Crippen LogP contribution in [0.4, 0.5) is 0 Å². The molecule has 2 aromatic rings. The van der Waals surface area contributed by atoms with E-state index >= 15 is 0 Å². The van der Waals surface area contributed by atoms with Crippen molar-refractivity contribution < 1.29 is 9.53 Å². The first kappa shape index (κ1) is 9.61. The molecule has 0 radical (unpaired) electrons. The predicted molar refractivity (Wildman–Crippen MR) is 58.7 cm³/mol. The van der Waals surface area contributed by atoms with Crippen molar-refractivity contribution in [1.82, 2.24) is 4.98 Å². The lowest BCUT2D eigenvalue weighted by molar-refractivity contribution is 0.0606. The van der Waals surface area contributed by atoms with Crippen LogP contribution in [0.2, 0.25) is 0 Å². The molecule has 0 unspecified atom stereocenters. The molecule has 0 spiro atoms. The number of carbonyl (C=O) groups excluding carboxylic acids is 1. The topological polar surface area (TPSA) is 39.2 Å². The highest BCUT2D eigenvalue weighted by Crippen LogP contribution is 2.26. The Morgan fingerprint density at radius 2 is 2.36 bits per heavy atom. The van der Waals surface area contributed by atoms with Gasteiger partial charge in [0.1, 0.15) is 4.88 Å². The first-order chi connectivity index (χ1) is 6.70. The quantitative estimate of drug-likeness (QED) is 0.749. The Labute approximate surface area is 92.8 Å². The van der Waals surface area contributed by atoms with Gasteiger partial charge in [0.05, 0.1) is 17.3 Å². The van der Waals surface area contributed by atoms with Crippen molar-refractivity contribution >= 4 is 43.5 Å². The maximum absolute atomic E-state index is 11.2. The van der Waals surface area contributed by atoms with Gasteiger partial charge in [0.25, 0.3) is 0 Å². The molecule has 0 aliphatic heterocycles. The monoisotopic (exact) mass is 271 g/mol. The third kappa shape index (κ3) is 1.65. The Morgan fingerprint density at radius 3 is 3.07 bits per heavy atom. The molecule has 0 N–H and O–H groups in total. The van der Waals surface area contributed by atoms with Gasteiger partial charge < -0.3 is 4.74 Å². The molecule has 0 aliphatic rings. The van der Waals surface area contributed by atoms with Crippen molar-refractivity contribution in [3.8, 4) is 0 Å². The van der Waals surface area contributed by atoms with Crippen molar-refractivity contribution in [3.05, 3.63) is 27.7 Å². The number of fused-ring (bicyclic) bond motifs is 1. The fraction of sp³-hybridized carbons (Fsp3) is 0.111. The van der Waals surface area contributed by atoms with Crippen molar-refractivity contribution in [2.24, 2.45) is 0 Å². The molecule has 0 saturated heterocycles. The van der Waals surface area contributed by atoms with Crippen LogP contribution in [-0.2, 0) is 4.74 Å². The minimum atomic E-state index is -0.316. The third-order valence-electron chi connectivity index (χ3n) is 1.72. The van der Waals surface area contributed by atoms with Crippen LogP contribution in [-0.4, -0.2) is 18.1 Å². The highest BCUT2D eigenvalue weighted by atomic mass is 79.9. The Bertz CT molecular complexity index is 495. The van der Waals surface area contributed by atoms with Gasteiger partial charge in [-0.3, -0.25) is 4.98 Å². The van der Waals surface area contributed by atoms with E-state index in [4.69, 9.17) is 0 Å². The van der Waals surface area contributed by atoms with E-state index in [0.717, 1.165) is 14.7 Å². The molecule has 0 aliphatic carbocycles. The third-order valence-corrected chi connectivity index (χ3v) is 3.21. The van der Waals surface area contributed by atoms with Gasteiger partial charge in [0, 0.05) is 10.7 Å². The van der Waals surface area contributed by atoms with Crippen LogP contribution in [0, 0.1) is 0 Å². The van der Waals surface area contributed by atoms with E-state index in [1.165, 1.54) is 18.4 Å². The number of aromatic nitrogens is 1. The normalized spacial score (nSPS) is 10.4. The van der Waals surface area contributed by atoms with Crippen molar-refractivity contribution in [2.45, 2.75) is 0 Å². The zero-order valence-corrected chi connectivity index (χ0v) is 9.68. The molecule has 3 nitrogen and oxygen atoms in total. The number of thiophene rings is 1. The van der Waals surface area contributed by atoms with E-state index in [1.807, 2.05) is 6.07 Å². The molecule has 0 atom stereocenters. The minimum absolute atomic E-state index is 0.316. The number of hydrogen-bond donors (Lipinski definition) is 0. The second-order valence-electron chi connectivity index (χ2n) is 2.64. The van der Waals surface area contributed by atoms with Gasteiger partial charge in [-0.25, -0.2) is 4.79 Å². The SMILES string of the molecule is COC(=O)c1cc2ncc(Br)cc2s1. The lowest BCUT2D eigenvalue weighted by Crippen LogP contribution is -1.96. The average molecular weight is 272 g/mol. The largest absolute Gasteiger partial charge is 0.465 e. The van der Waals surface area contributed by atoms with Crippen LogP contribution in [0.5, 0.6) is 0 Å². The van der Waals surface area contributed by atoms with E-state index in [9.17, 15) is 4.79 Å². The summed E-state index contributed by atoms with van der Waals surface area (Å²) in [4.78, 5) is 16.0. The zero-order valence-electron chi connectivity index (χ0n) is 7.28.